The second-order valence-electron chi connectivity index (χ2n) is 12.5. The van der Waals surface area contributed by atoms with E-state index in [-0.39, 0.29) is 17.3 Å². The molecular formula is C34H39ClFN3O3. The van der Waals surface area contributed by atoms with Crippen molar-refractivity contribution in [2.45, 2.75) is 82.8 Å². The number of nitrogens with zero attached hydrogens (tertiary/aromatic N) is 2. The van der Waals surface area contributed by atoms with Crippen molar-refractivity contribution < 1.29 is 19.0 Å². The number of rotatable bonds is 8. The monoisotopic (exact) mass is 591 g/mol. The zero-order valence-electron chi connectivity index (χ0n) is 24.4. The number of halogens is 2. The predicted octanol–water partition coefficient (Wildman–Crippen LogP) is 7.30. The maximum Gasteiger partial charge on any atom is 0.329 e. The highest BCUT2D eigenvalue weighted by molar-refractivity contribution is 6.31. The quantitative estimate of drug-likeness (QED) is 0.286. The Morgan fingerprint density at radius 2 is 1.95 bits per heavy atom. The van der Waals surface area contributed by atoms with Crippen molar-refractivity contribution in [1.82, 2.24) is 9.88 Å². The number of benzene rings is 2. The third-order valence-corrected chi connectivity index (χ3v) is 10.2. The summed E-state index contributed by atoms with van der Waals surface area (Å²) in [5.41, 5.74) is 4.65. The van der Waals surface area contributed by atoms with E-state index in [2.05, 4.69) is 22.1 Å². The third kappa shape index (κ3) is 5.26. The van der Waals surface area contributed by atoms with Crippen molar-refractivity contribution in [2.75, 3.05) is 18.5 Å². The van der Waals surface area contributed by atoms with Crippen molar-refractivity contribution in [3.05, 3.63) is 87.4 Å². The molecule has 1 spiro atoms. The molecule has 0 unspecified atom stereocenters. The number of anilines is 1. The summed E-state index contributed by atoms with van der Waals surface area (Å²) in [6.07, 6.45) is 8.39. The topological polar surface area (TPSA) is 74.7 Å². The molecule has 2 heterocycles. The molecule has 2 N–H and O–H groups in total. The minimum atomic E-state index is -1.11. The van der Waals surface area contributed by atoms with Gasteiger partial charge in [0.05, 0.1) is 6.61 Å². The minimum absolute atomic E-state index is 0.215. The molecule has 6 nitrogen and oxygen atoms in total. The fraction of sp³-hybridized carbons (Fsp3) is 0.471. The van der Waals surface area contributed by atoms with E-state index in [0.29, 0.717) is 43.9 Å². The number of fused-ring (bicyclic) bond motifs is 3. The lowest BCUT2D eigenvalue weighted by atomic mass is 9.69. The summed E-state index contributed by atoms with van der Waals surface area (Å²) in [4.78, 5) is 19.8. The van der Waals surface area contributed by atoms with Crippen LogP contribution < -0.4 is 10.1 Å². The standard InChI is InChI=1S/C34H39ClFN3O3/c1-22(21-42-31-12-17-37-30-8-4-3-6-26(30)31)19-39-20-24-18-25(36)10-11-27(24)34(39)15-13-33(14-16-34,32(40)41)38-29-9-5-7-28(35)23(29)2/h5,7,9-12,17-18,22,38H,3-4,6,8,13-16,19-21H2,1-2H3,(H,40,41)/t22-,33?,34?/m1/s1. The highest BCUT2D eigenvalue weighted by Crippen LogP contribution is 2.52. The molecule has 6 rings (SSSR count). The summed E-state index contributed by atoms with van der Waals surface area (Å²) >= 11 is 6.35. The molecule has 0 saturated heterocycles. The maximum atomic E-state index is 14.4. The molecule has 1 fully saturated rings. The molecule has 0 radical (unpaired) electrons. The van der Waals surface area contributed by atoms with Gasteiger partial charge in [-0.25, -0.2) is 9.18 Å². The van der Waals surface area contributed by atoms with Gasteiger partial charge in [0.15, 0.2) is 0 Å². The zero-order chi connectivity index (χ0) is 29.5. The Balaban J connectivity index is 1.21. The number of carbonyl (C=O) groups is 1. The van der Waals surface area contributed by atoms with Gasteiger partial charge in [-0.2, -0.15) is 0 Å². The SMILES string of the molecule is Cc1c(Cl)cccc1NC1(C(=O)O)CCC2(CC1)c1ccc(F)cc1CN2C[C@@H](C)COc1ccnc2c1CCCC2. The molecule has 0 amide bonds. The number of aliphatic carboxylic acids is 1. The van der Waals surface area contributed by atoms with Crippen LogP contribution in [0.15, 0.2) is 48.7 Å². The first-order valence-corrected chi connectivity index (χ1v) is 15.5. The van der Waals surface area contributed by atoms with Gasteiger partial charge < -0.3 is 15.2 Å². The molecule has 2 aromatic carbocycles. The molecule has 8 heteroatoms. The van der Waals surface area contributed by atoms with Gasteiger partial charge in [0.25, 0.3) is 0 Å². The lowest BCUT2D eigenvalue weighted by molar-refractivity contribution is -0.145. The first kappa shape index (κ1) is 28.9. The van der Waals surface area contributed by atoms with Crippen LogP contribution in [0.5, 0.6) is 5.75 Å². The van der Waals surface area contributed by atoms with Gasteiger partial charge in [-0.3, -0.25) is 9.88 Å². The summed E-state index contributed by atoms with van der Waals surface area (Å²) in [5.74, 6) is 0.0626. The molecule has 0 bridgehead atoms. The molecule has 1 saturated carbocycles. The number of carboxylic acids is 1. The third-order valence-electron chi connectivity index (χ3n) is 9.76. The van der Waals surface area contributed by atoms with Crippen LogP contribution in [0.4, 0.5) is 10.1 Å². The summed E-state index contributed by atoms with van der Waals surface area (Å²) in [6, 6.07) is 12.6. The average molecular weight is 592 g/mol. The lowest BCUT2D eigenvalue weighted by Gasteiger charge is -2.48. The first-order chi connectivity index (χ1) is 20.2. The van der Waals surface area contributed by atoms with Crippen LogP contribution in [0.1, 0.15) is 73.4 Å². The van der Waals surface area contributed by atoms with Crippen LogP contribution in [0.2, 0.25) is 5.02 Å². The number of hydrogen-bond donors (Lipinski definition) is 2. The van der Waals surface area contributed by atoms with Crippen molar-refractivity contribution >= 4 is 23.3 Å². The van der Waals surface area contributed by atoms with Crippen LogP contribution in [-0.4, -0.2) is 39.7 Å². The van der Waals surface area contributed by atoms with Gasteiger partial charge in [0, 0.05) is 52.7 Å². The van der Waals surface area contributed by atoms with E-state index in [4.69, 9.17) is 16.3 Å². The van der Waals surface area contributed by atoms with Crippen LogP contribution >= 0.6 is 11.6 Å². The number of nitrogens with one attached hydrogen (secondary N) is 1. The van der Waals surface area contributed by atoms with E-state index in [1.165, 1.54) is 24.5 Å². The molecule has 1 aliphatic heterocycles. The fourth-order valence-electron chi connectivity index (χ4n) is 7.37. The van der Waals surface area contributed by atoms with Gasteiger partial charge in [-0.05, 0) is 105 Å². The predicted molar refractivity (Wildman–Crippen MR) is 163 cm³/mol. The molecular weight excluding hydrogens is 553 g/mol. The molecule has 3 aliphatic rings. The smallest absolute Gasteiger partial charge is 0.329 e. The highest BCUT2D eigenvalue weighted by Gasteiger charge is 2.53. The summed E-state index contributed by atoms with van der Waals surface area (Å²) in [7, 11) is 0. The number of carboxylic acid groups (broad SMARTS) is 1. The average Bonchev–Trinajstić information content (AvgIpc) is 3.26. The normalized spacial score (nSPS) is 24.2. The van der Waals surface area contributed by atoms with E-state index in [1.807, 2.05) is 43.5 Å². The van der Waals surface area contributed by atoms with Gasteiger partial charge >= 0.3 is 5.97 Å². The van der Waals surface area contributed by atoms with Crippen LogP contribution in [0.3, 0.4) is 0 Å². The van der Waals surface area contributed by atoms with Gasteiger partial charge in [0.1, 0.15) is 17.1 Å². The van der Waals surface area contributed by atoms with Crippen molar-refractivity contribution in [3.63, 3.8) is 0 Å². The van der Waals surface area contributed by atoms with E-state index in [0.717, 1.165) is 53.2 Å². The van der Waals surface area contributed by atoms with Crippen molar-refractivity contribution in [1.29, 1.82) is 0 Å². The Morgan fingerprint density at radius 3 is 2.74 bits per heavy atom. The zero-order valence-corrected chi connectivity index (χ0v) is 25.1. The van der Waals surface area contributed by atoms with Crippen LogP contribution in [0.25, 0.3) is 0 Å². The van der Waals surface area contributed by atoms with Gasteiger partial charge in [-0.15, -0.1) is 0 Å². The number of hydrogen-bond acceptors (Lipinski definition) is 5. The van der Waals surface area contributed by atoms with Crippen LogP contribution in [-0.2, 0) is 29.7 Å². The molecule has 1 atom stereocenters. The van der Waals surface area contributed by atoms with Crippen molar-refractivity contribution in [2.24, 2.45) is 5.92 Å². The highest BCUT2D eigenvalue weighted by atomic mass is 35.5. The maximum absolute atomic E-state index is 14.4. The minimum Gasteiger partial charge on any atom is -0.493 e. The lowest BCUT2D eigenvalue weighted by Crippen LogP contribution is -2.55. The van der Waals surface area contributed by atoms with Crippen LogP contribution in [0, 0.1) is 18.7 Å². The summed E-state index contributed by atoms with van der Waals surface area (Å²) in [5, 5.41) is 14.4. The second kappa shape index (κ2) is 11.5. The Morgan fingerprint density at radius 1 is 1.17 bits per heavy atom. The number of aryl methyl sites for hydroxylation is 1. The Hall–Kier alpha value is -3.16. The summed E-state index contributed by atoms with van der Waals surface area (Å²) in [6.45, 7) is 6.08. The van der Waals surface area contributed by atoms with E-state index in [9.17, 15) is 14.3 Å². The first-order valence-electron chi connectivity index (χ1n) is 15.1. The number of aromatic nitrogens is 1. The molecule has 222 valence electrons. The molecule has 1 aromatic heterocycles. The van der Waals surface area contributed by atoms with Gasteiger partial charge in [0.2, 0.25) is 0 Å². The fourth-order valence-corrected chi connectivity index (χ4v) is 7.55. The Bertz CT molecular complexity index is 1490. The van der Waals surface area contributed by atoms with E-state index >= 15 is 0 Å². The number of pyridine rings is 1. The number of ether oxygens (including phenoxy) is 1. The largest absolute Gasteiger partial charge is 0.493 e. The van der Waals surface area contributed by atoms with Crippen molar-refractivity contribution in [3.8, 4) is 5.75 Å². The van der Waals surface area contributed by atoms with E-state index < -0.39 is 11.5 Å². The molecule has 3 aromatic rings. The Labute approximate surface area is 252 Å². The van der Waals surface area contributed by atoms with E-state index in [1.54, 1.807) is 6.07 Å². The molecule has 42 heavy (non-hydrogen) atoms. The molecule has 2 aliphatic carbocycles. The Kier molecular flexibility index (Phi) is 7.92. The second-order valence-corrected chi connectivity index (χ2v) is 12.9. The summed E-state index contributed by atoms with van der Waals surface area (Å²) < 4.78 is 20.7. The van der Waals surface area contributed by atoms with Gasteiger partial charge in [-0.1, -0.05) is 30.7 Å².